The number of nitrogens with two attached hydrogens (primary N) is 1. The van der Waals surface area contributed by atoms with Crippen LogP contribution >= 0.6 is 0 Å². The molecule has 0 heterocycles. The van der Waals surface area contributed by atoms with E-state index in [1.807, 2.05) is 0 Å². The van der Waals surface area contributed by atoms with E-state index >= 15 is 0 Å². The van der Waals surface area contributed by atoms with Crippen molar-refractivity contribution in [2.75, 3.05) is 0 Å². The molecular formula is C9H12FNO2. The van der Waals surface area contributed by atoms with Crippen molar-refractivity contribution in [2.45, 2.75) is 19.1 Å². The van der Waals surface area contributed by atoms with E-state index in [2.05, 4.69) is 0 Å². The smallest absolute Gasteiger partial charge is 0.127 e. The summed E-state index contributed by atoms with van der Waals surface area (Å²) < 4.78 is 12.8. The lowest BCUT2D eigenvalue weighted by Crippen LogP contribution is -2.23. The average Bonchev–Trinajstić information content (AvgIpc) is 2.01. The molecule has 0 aliphatic carbocycles. The molecule has 1 aromatic carbocycles. The summed E-state index contributed by atoms with van der Waals surface area (Å²) in [7, 11) is 0. The lowest BCUT2D eigenvalue weighted by molar-refractivity contribution is 0.164. The molecule has 3 nitrogen and oxygen atoms in total. The molecule has 0 unspecified atom stereocenters. The molecule has 0 saturated carbocycles. The normalized spacial score (nSPS) is 15.4. The predicted octanol–water partition coefficient (Wildman–Crippen LogP) is 0.912. The highest BCUT2D eigenvalue weighted by Gasteiger charge is 2.13. The molecule has 72 valence electrons. The Balaban J connectivity index is 3.01. The monoisotopic (exact) mass is 185 g/mol. The molecule has 0 amide bonds. The van der Waals surface area contributed by atoms with E-state index in [1.54, 1.807) is 0 Å². The van der Waals surface area contributed by atoms with Crippen LogP contribution in [0.15, 0.2) is 18.2 Å². The first-order chi connectivity index (χ1) is 6.00. The van der Waals surface area contributed by atoms with Crippen molar-refractivity contribution in [3.05, 3.63) is 29.6 Å². The van der Waals surface area contributed by atoms with Gasteiger partial charge in [0.05, 0.1) is 12.1 Å². The topological polar surface area (TPSA) is 66.5 Å². The van der Waals surface area contributed by atoms with E-state index in [4.69, 9.17) is 15.9 Å². The van der Waals surface area contributed by atoms with Crippen molar-refractivity contribution < 1.29 is 14.6 Å². The zero-order valence-electron chi connectivity index (χ0n) is 7.24. The number of hydrogen-bond acceptors (Lipinski definition) is 3. The highest BCUT2D eigenvalue weighted by molar-refractivity contribution is 5.30. The minimum atomic E-state index is -0.777. The van der Waals surface area contributed by atoms with Crippen LogP contribution in [0.3, 0.4) is 0 Å². The number of phenolic OH excluding ortho intramolecular Hbond substituents is 1. The predicted molar refractivity (Wildman–Crippen MR) is 46.7 cm³/mol. The lowest BCUT2D eigenvalue weighted by atomic mass is 10.0. The number of rotatable bonds is 2. The molecule has 13 heavy (non-hydrogen) atoms. The summed E-state index contributed by atoms with van der Waals surface area (Å²) >= 11 is 0. The Morgan fingerprint density at radius 3 is 2.46 bits per heavy atom. The number of halogens is 1. The number of aromatic hydroxyl groups is 1. The minimum absolute atomic E-state index is 0.189. The van der Waals surface area contributed by atoms with Gasteiger partial charge in [0.25, 0.3) is 0 Å². The Bertz CT molecular complexity index is 281. The van der Waals surface area contributed by atoms with Crippen LogP contribution in [-0.4, -0.2) is 16.3 Å². The van der Waals surface area contributed by atoms with Crippen LogP contribution in [0.25, 0.3) is 0 Å². The molecule has 0 bridgehead atoms. The molecule has 0 radical (unpaired) electrons. The minimum Gasteiger partial charge on any atom is -0.508 e. The highest BCUT2D eigenvalue weighted by atomic mass is 19.1. The fourth-order valence-corrected chi connectivity index (χ4v) is 1.07. The third kappa shape index (κ3) is 2.40. The molecule has 0 aromatic heterocycles. The maximum atomic E-state index is 12.8. The zero-order valence-corrected chi connectivity index (χ0v) is 7.24. The first-order valence-corrected chi connectivity index (χ1v) is 3.94. The van der Waals surface area contributed by atoms with E-state index < -0.39 is 18.0 Å². The maximum Gasteiger partial charge on any atom is 0.127 e. The quantitative estimate of drug-likeness (QED) is 0.641. The van der Waals surface area contributed by atoms with Crippen molar-refractivity contribution >= 4 is 0 Å². The zero-order chi connectivity index (χ0) is 10.0. The molecule has 0 aliphatic rings. The largest absolute Gasteiger partial charge is 0.508 e. The highest BCUT2D eigenvalue weighted by Crippen LogP contribution is 2.20. The van der Waals surface area contributed by atoms with Crippen LogP contribution in [0.4, 0.5) is 4.39 Å². The second-order valence-corrected chi connectivity index (χ2v) is 3.01. The average molecular weight is 185 g/mol. The van der Waals surface area contributed by atoms with Crippen molar-refractivity contribution in [1.82, 2.24) is 0 Å². The standard InChI is InChI=1S/C9H12FNO2/c1-5(12)9(11)6-2-7(10)4-8(13)3-6/h2-5,9,12-13H,11H2,1H3/t5-,9-/m0/s1. The Labute approximate surface area is 75.6 Å². The molecule has 2 atom stereocenters. The van der Waals surface area contributed by atoms with Gasteiger partial charge in [-0.25, -0.2) is 4.39 Å². The molecule has 0 aliphatic heterocycles. The molecule has 0 fully saturated rings. The van der Waals surface area contributed by atoms with E-state index in [1.165, 1.54) is 19.1 Å². The summed E-state index contributed by atoms with van der Waals surface area (Å²) in [4.78, 5) is 0. The van der Waals surface area contributed by atoms with Crippen molar-refractivity contribution in [2.24, 2.45) is 5.73 Å². The van der Waals surface area contributed by atoms with Crippen molar-refractivity contribution in [1.29, 1.82) is 0 Å². The molecule has 0 saturated heterocycles. The van der Waals surface area contributed by atoms with E-state index in [-0.39, 0.29) is 5.75 Å². The molecule has 4 heteroatoms. The molecule has 1 aromatic rings. The second kappa shape index (κ2) is 3.72. The van der Waals surface area contributed by atoms with E-state index in [0.717, 1.165) is 6.07 Å². The number of benzene rings is 1. The summed E-state index contributed by atoms with van der Waals surface area (Å²) in [5.41, 5.74) is 5.93. The Kier molecular flexibility index (Phi) is 2.85. The van der Waals surface area contributed by atoms with Crippen LogP contribution < -0.4 is 5.73 Å². The fraction of sp³-hybridized carbons (Fsp3) is 0.333. The van der Waals surface area contributed by atoms with E-state index in [0.29, 0.717) is 5.56 Å². The fourth-order valence-electron chi connectivity index (χ4n) is 1.07. The summed E-state index contributed by atoms with van der Waals surface area (Å²) in [6.07, 6.45) is -0.777. The van der Waals surface area contributed by atoms with Gasteiger partial charge in [-0.2, -0.15) is 0 Å². The van der Waals surface area contributed by atoms with Crippen LogP contribution in [-0.2, 0) is 0 Å². The van der Waals surface area contributed by atoms with Gasteiger partial charge < -0.3 is 15.9 Å². The Morgan fingerprint density at radius 2 is 2.00 bits per heavy atom. The van der Waals surface area contributed by atoms with Crippen LogP contribution in [0.2, 0.25) is 0 Å². The maximum absolute atomic E-state index is 12.8. The summed E-state index contributed by atoms with van der Waals surface area (Å²) in [6, 6.07) is 2.83. The van der Waals surface area contributed by atoms with Gasteiger partial charge in [0.2, 0.25) is 0 Å². The van der Waals surface area contributed by atoms with Gasteiger partial charge >= 0.3 is 0 Å². The molecule has 1 rings (SSSR count). The van der Waals surface area contributed by atoms with Crippen LogP contribution in [0.5, 0.6) is 5.75 Å². The number of hydrogen-bond donors (Lipinski definition) is 3. The van der Waals surface area contributed by atoms with Gasteiger partial charge in [0, 0.05) is 6.07 Å². The molecule has 0 spiro atoms. The molecule has 4 N–H and O–H groups in total. The summed E-state index contributed by atoms with van der Waals surface area (Å²) in [6.45, 7) is 1.51. The van der Waals surface area contributed by atoms with Gasteiger partial charge in [0.15, 0.2) is 0 Å². The van der Waals surface area contributed by atoms with Gasteiger partial charge in [-0.1, -0.05) is 0 Å². The van der Waals surface area contributed by atoms with Gasteiger partial charge in [-0.3, -0.25) is 0 Å². The van der Waals surface area contributed by atoms with Gasteiger partial charge in [-0.15, -0.1) is 0 Å². The third-order valence-corrected chi connectivity index (χ3v) is 1.81. The van der Waals surface area contributed by atoms with Gasteiger partial charge in [0.1, 0.15) is 11.6 Å². The first-order valence-electron chi connectivity index (χ1n) is 3.94. The number of aliphatic hydroxyl groups is 1. The summed E-state index contributed by atoms with van der Waals surface area (Å²) in [5, 5.41) is 18.2. The first kappa shape index (κ1) is 9.95. The Hall–Kier alpha value is -1.13. The van der Waals surface area contributed by atoms with Crippen LogP contribution in [0.1, 0.15) is 18.5 Å². The van der Waals surface area contributed by atoms with Crippen LogP contribution in [0, 0.1) is 5.82 Å². The SMILES string of the molecule is C[C@H](O)[C@H](N)c1cc(O)cc(F)c1. The molecular weight excluding hydrogens is 173 g/mol. The van der Waals surface area contributed by atoms with Crippen molar-refractivity contribution in [3.8, 4) is 5.75 Å². The lowest BCUT2D eigenvalue weighted by Gasteiger charge is -2.15. The number of aliphatic hydroxyl groups excluding tert-OH is 1. The van der Waals surface area contributed by atoms with E-state index in [9.17, 15) is 4.39 Å². The second-order valence-electron chi connectivity index (χ2n) is 3.01. The third-order valence-electron chi connectivity index (χ3n) is 1.81. The Morgan fingerprint density at radius 1 is 1.38 bits per heavy atom. The number of phenols is 1. The van der Waals surface area contributed by atoms with Crippen molar-refractivity contribution in [3.63, 3.8) is 0 Å². The van der Waals surface area contributed by atoms with Gasteiger partial charge in [-0.05, 0) is 24.6 Å². The summed E-state index contributed by atoms with van der Waals surface area (Å²) in [5.74, 6) is -0.753.